The summed E-state index contributed by atoms with van der Waals surface area (Å²) in [5.41, 5.74) is 1.99. The van der Waals surface area contributed by atoms with Gasteiger partial charge < -0.3 is 5.32 Å². The number of carbonyl (C=O) groups excluding carboxylic acids is 1. The van der Waals surface area contributed by atoms with E-state index in [-0.39, 0.29) is 16.7 Å². The van der Waals surface area contributed by atoms with Crippen LogP contribution in [0.25, 0.3) is 0 Å². The fraction of sp³-hybridized carbons (Fsp3) is 0.417. The van der Waals surface area contributed by atoms with E-state index in [1.165, 1.54) is 0 Å². The number of amides is 1. The number of para-hydroxylation sites is 1. The largest absolute Gasteiger partial charge is 0.326 e. The van der Waals surface area contributed by atoms with Crippen molar-refractivity contribution in [2.75, 3.05) is 5.32 Å². The molecule has 82 valence electrons. The molecule has 2 nitrogen and oxygen atoms in total. The van der Waals surface area contributed by atoms with Gasteiger partial charge in [0.2, 0.25) is 5.91 Å². The Morgan fingerprint density at radius 1 is 1.27 bits per heavy atom. The monoisotopic (exact) mass is 269 g/mol. The van der Waals surface area contributed by atoms with E-state index < -0.39 is 0 Å². The average molecular weight is 270 g/mol. The molecule has 1 N–H and O–H groups in total. The van der Waals surface area contributed by atoms with Crippen molar-refractivity contribution < 1.29 is 4.79 Å². The lowest BCUT2D eigenvalue weighted by Gasteiger charge is -2.13. The fourth-order valence-electron chi connectivity index (χ4n) is 1.23. The summed E-state index contributed by atoms with van der Waals surface area (Å²) in [6.07, 6.45) is 0. The topological polar surface area (TPSA) is 29.1 Å². The van der Waals surface area contributed by atoms with Gasteiger partial charge in [0.15, 0.2) is 0 Å². The second-order valence-electron chi connectivity index (χ2n) is 3.85. The van der Waals surface area contributed by atoms with Crippen LogP contribution in [-0.4, -0.2) is 5.91 Å². The maximum atomic E-state index is 11.6. The molecule has 0 aromatic heterocycles. The van der Waals surface area contributed by atoms with Crippen molar-refractivity contribution in [2.24, 2.45) is 5.92 Å². The number of hydrogen-bond acceptors (Lipinski definition) is 1. The van der Waals surface area contributed by atoms with Crippen molar-refractivity contribution in [1.29, 1.82) is 0 Å². The molecular formula is C12H16BrNO. The summed E-state index contributed by atoms with van der Waals surface area (Å²) in [7, 11) is 0. The van der Waals surface area contributed by atoms with Crippen molar-refractivity contribution in [3.63, 3.8) is 0 Å². The Kier molecular flexibility index (Phi) is 4.33. The third-order valence-electron chi connectivity index (χ3n) is 2.17. The molecule has 0 fully saturated rings. The highest BCUT2D eigenvalue weighted by atomic mass is 79.9. The molecule has 1 aromatic rings. The van der Waals surface area contributed by atoms with E-state index in [4.69, 9.17) is 0 Å². The van der Waals surface area contributed by atoms with Gasteiger partial charge in [-0.15, -0.1) is 0 Å². The second-order valence-corrected chi connectivity index (χ2v) is 5.22. The minimum absolute atomic E-state index is 0.00341. The SMILES string of the molecule is CC(C)C(=O)Nc1ccccc1C(C)Br. The van der Waals surface area contributed by atoms with Gasteiger partial charge >= 0.3 is 0 Å². The maximum Gasteiger partial charge on any atom is 0.226 e. The van der Waals surface area contributed by atoms with Crippen molar-refractivity contribution in [3.8, 4) is 0 Å². The zero-order chi connectivity index (χ0) is 11.4. The Hall–Kier alpha value is -0.830. The zero-order valence-electron chi connectivity index (χ0n) is 9.25. The van der Waals surface area contributed by atoms with Crippen LogP contribution in [0.5, 0.6) is 0 Å². The predicted octanol–water partition coefficient (Wildman–Crippen LogP) is 3.74. The van der Waals surface area contributed by atoms with Crippen LogP contribution in [0.15, 0.2) is 24.3 Å². The van der Waals surface area contributed by atoms with Gasteiger partial charge in [0.05, 0.1) is 0 Å². The third-order valence-corrected chi connectivity index (χ3v) is 2.66. The smallest absolute Gasteiger partial charge is 0.226 e. The van der Waals surface area contributed by atoms with E-state index in [2.05, 4.69) is 21.2 Å². The molecule has 0 radical (unpaired) electrons. The Balaban J connectivity index is 2.89. The molecule has 1 unspecified atom stereocenters. The van der Waals surface area contributed by atoms with Crippen molar-refractivity contribution >= 4 is 27.5 Å². The van der Waals surface area contributed by atoms with Crippen molar-refractivity contribution in [3.05, 3.63) is 29.8 Å². The molecule has 1 aromatic carbocycles. The van der Waals surface area contributed by atoms with Crippen LogP contribution in [0, 0.1) is 5.92 Å². The maximum absolute atomic E-state index is 11.6. The second kappa shape index (κ2) is 5.31. The first-order valence-electron chi connectivity index (χ1n) is 5.06. The molecule has 1 rings (SSSR count). The van der Waals surface area contributed by atoms with E-state index in [1.54, 1.807) is 0 Å². The highest BCUT2D eigenvalue weighted by molar-refractivity contribution is 9.09. The summed E-state index contributed by atoms with van der Waals surface area (Å²) in [6.45, 7) is 5.81. The zero-order valence-corrected chi connectivity index (χ0v) is 10.8. The van der Waals surface area contributed by atoms with Crippen LogP contribution < -0.4 is 5.32 Å². The summed E-state index contributed by atoms with van der Waals surface area (Å²) in [5.74, 6) is 0.0549. The third kappa shape index (κ3) is 3.34. The Bertz CT molecular complexity index is 347. The molecule has 0 heterocycles. The fourth-order valence-corrected chi connectivity index (χ4v) is 1.63. The standard InChI is InChI=1S/C12H16BrNO/c1-8(2)12(15)14-11-7-5-4-6-10(11)9(3)13/h4-9H,1-3H3,(H,14,15). The quantitative estimate of drug-likeness (QED) is 0.833. The number of rotatable bonds is 3. The number of carbonyl (C=O) groups is 1. The van der Waals surface area contributed by atoms with Gasteiger partial charge in [-0.25, -0.2) is 0 Å². The summed E-state index contributed by atoms with van der Waals surface area (Å²) in [5, 5.41) is 2.92. The number of anilines is 1. The van der Waals surface area contributed by atoms with E-state index >= 15 is 0 Å². The molecular weight excluding hydrogens is 254 g/mol. The number of alkyl halides is 1. The predicted molar refractivity (Wildman–Crippen MR) is 67.3 cm³/mol. The van der Waals surface area contributed by atoms with Gasteiger partial charge in [-0.2, -0.15) is 0 Å². The molecule has 0 aliphatic rings. The number of hydrogen-bond donors (Lipinski definition) is 1. The molecule has 0 saturated carbocycles. The molecule has 15 heavy (non-hydrogen) atoms. The minimum Gasteiger partial charge on any atom is -0.326 e. The molecule has 1 amide bonds. The van der Waals surface area contributed by atoms with Gasteiger partial charge in [-0.1, -0.05) is 48.0 Å². The van der Waals surface area contributed by atoms with Crippen molar-refractivity contribution in [1.82, 2.24) is 0 Å². The van der Waals surface area contributed by atoms with Gasteiger partial charge in [0, 0.05) is 16.4 Å². The summed E-state index contributed by atoms with van der Waals surface area (Å²) >= 11 is 3.51. The summed E-state index contributed by atoms with van der Waals surface area (Å²) < 4.78 is 0. The average Bonchev–Trinajstić information content (AvgIpc) is 2.18. The van der Waals surface area contributed by atoms with E-state index in [1.807, 2.05) is 45.0 Å². The lowest BCUT2D eigenvalue weighted by atomic mass is 10.1. The Morgan fingerprint density at radius 2 is 1.87 bits per heavy atom. The van der Waals surface area contributed by atoms with Crippen LogP contribution in [0.4, 0.5) is 5.69 Å². The van der Waals surface area contributed by atoms with E-state index in [9.17, 15) is 4.79 Å². The lowest BCUT2D eigenvalue weighted by Crippen LogP contribution is -2.18. The molecule has 0 aliphatic carbocycles. The van der Waals surface area contributed by atoms with E-state index in [0.717, 1.165) is 11.3 Å². The van der Waals surface area contributed by atoms with Gasteiger partial charge in [0.25, 0.3) is 0 Å². The first-order valence-corrected chi connectivity index (χ1v) is 5.97. The van der Waals surface area contributed by atoms with Gasteiger partial charge in [-0.3, -0.25) is 4.79 Å². The van der Waals surface area contributed by atoms with Crippen LogP contribution in [0.3, 0.4) is 0 Å². The van der Waals surface area contributed by atoms with Crippen molar-refractivity contribution in [2.45, 2.75) is 25.6 Å². The summed E-state index contributed by atoms with van der Waals surface area (Å²) in [4.78, 5) is 11.8. The minimum atomic E-state index is 0.00341. The normalized spacial score (nSPS) is 12.6. The highest BCUT2D eigenvalue weighted by Gasteiger charge is 2.11. The number of benzene rings is 1. The molecule has 0 aliphatic heterocycles. The molecule has 0 bridgehead atoms. The van der Waals surface area contributed by atoms with Gasteiger partial charge in [-0.05, 0) is 18.6 Å². The van der Waals surface area contributed by atoms with Gasteiger partial charge in [0.1, 0.15) is 0 Å². The highest BCUT2D eigenvalue weighted by Crippen LogP contribution is 2.28. The number of halogens is 1. The van der Waals surface area contributed by atoms with Crippen LogP contribution in [0.2, 0.25) is 0 Å². The van der Waals surface area contributed by atoms with E-state index in [0.29, 0.717) is 0 Å². The number of nitrogens with one attached hydrogen (secondary N) is 1. The molecule has 3 heteroatoms. The lowest BCUT2D eigenvalue weighted by molar-refractivity contribution is -0.118. The van der Waals surface area contributed by atoms with Crippen LogP contribution in [0.1, 0.15) is 31.2 Å². The molecule has 0 spiro atoms. The molecule has 1 atom stereocenters. The van der Waals surface area contributed by atoms with Crippen LogP contribution >= 0.6 is 15.9 Å². The Morgan fingerprint density at radius 3 is 2.40 bits per heavy atom. The first kappa shape index (κ1) is 12.2. The summed E-state index contributed by atoms with van der Waals surface area (Å²) in [6, 6.07) is 7.83. The van der Waals surface area contributed by atoms with Crippen LogP contribution in [-0.2, 0) is 4.79 Å². The first-order chi connectivity index (χ1) is 7.02. The Labute approximate surface area is 99.2 Å². The molecule has 0 saturated heterocycles.